The van der Waals surface area contributed by atoms with Crippen LogP contribution in [0.1, 0.15) is 12.5 Å². The van der Waals surface area contributed by atoms with Crippen LogP contribution < -0.4 is 10.5 Å². The molecule has 0 fully saturated rings. The Hall–Kier alpha value is -1.51. The van der Waals surface area contributed by atoms with Crippen LogP contribution in [0.15, 0.2) is 29.2 Å². The van der Waals surface area contributed by atoms with Crippen molar-refractivity contribution < 1.29 is 13.2 Å². The predicted octanol–water partition coefficient (Wildman–Crippen LogP) is 0.270. The number of hydrogen-bond acceptors (Lipinski definition) is 4. The molecule has 0 aliphatic heterocycles. The van der Waals surface area contributed by atoms with Crippen LogP contribution in [0.5, 0.6) is 0 Å². The molecule has 3 N–H and O–H groups in total. The summed E-state index contributed by atoms with van der Waals surface area (Å²) in [6, 6.07) is 5.38. The van der Waals surface area contributed by atoms with Crippen molar-refractivity contribution in [1.29, 1.82) is 0 Å². The second kappa shape index (κ2) is 6.97. The highest BCUT2D eigenvalue weighted by Gasteiger charge is 2.22. The SMILES string of the molecule is CC(NS(=O)(=O)c1ccc(CC(N)=S)cc1)C(=O)N(C)C. The zero-order valence-corrected chi connectivity index (χ0v) is 13.8. The van der Waals surface area contributed by atoms with E-state index in [1.165, 1.54) is 24.0 Å². The van der Waals surface area contributed by atoms with Crippen LogP contribution in [0.25, 0.3) is 0 Å². The largest absolute Gasteiger partial charge is 0.393 e. The summed E-state index contributed by atoms with van der Waals surface area (Å²) in [5.74, 6) is -0.316. The molecule has 1 rings (SSSR count). The number of amides is 1. The minimum Gasteiger partial charge on any atom is -0.393 e. The van der Waals surface area contributed by atoms with Gasteiger partial charge in [-0.2, -0.15) is 4.72 Å². The van der Waals surface area contributed by atoms with E-state index in [9.17, 15) is 13.2 Å². The summed E-state index contributed by atoms with van der Waals surface area (Å²) in [4.78, 5) is 13.5. The van der Waals surface area contributed by atoms with E-state index in [-0.39, 0.29) is 10.8 Å². The molecule has 0 heterocycles. The second-order valence-corrected chi connectivity index (χ2v) is 7.10. The zero-order chi connectivity index (χ0) is 16.2. The molecule has 0 aromatic heterocycles. The van der Waals surface area contributed by atoms with Crippen molar-refractivity contribution in [2.24, 2.45) is 5.73 Å². The maximum atomic E-state index is 12.2. The molecule has 1 atom stereocenters. The Balaban J connectivity index is 2.88. The van der Waals surface area contributed by atoms with Crippen molar-refractivity contribution in [1.82, 2.24) is 9.62 Å². The van der Waals surface area contributed by atoms with Gasteiger partial charge in [0.1, 0.15) is 0 Å². The molecule has 0 radical (unpaired) electrons. The van der Waals surface area contributed by atoms with Crippen molar-refractivity contribution in [3.05, 3.63) is 29.8 Å². The Morgan fingerprint density at radius 2 is 1.86 bits per heavy atom. The minimum atomic E-state index is -3.74. The maximum Gasteiger partial charge on any atom is 0.241 e. The first-order valence-electron chi connectivity index (χ1n) is 6.24. The van der Waals surface area contributed by atoms with Gasteiger partial charge in [-0.3, -0.25) is 4.79 Å². The highest BCUT2D eigenvalue weighted by Crippen LogP contribution is 2.12. The van der Waals surface area contributed by atoms with Gasteiger partial charge in [0.2, 0.25) is 15.9 Å². The molecule has 1 aromatic rings. The average molecular weight is 329 g/mol. The first-order chi connectivity index (χ1) is 9.63. The van der Waals surface area contributed by atoms with Gasteiger partial charge in [-0.05, 0) is 24.6 Å². The normalized spacial score (nSPS) is 12.7. The van der Waals surface area contributed by atoms with Gasteiger partial charge in [-0.15, -0.1) is 0 Å². The Morgan fingerprint density at radius 3 is 2.29 bits per heavy atom. The lowest BCUT2D eigenvalue weighted by Gasteiger charge is -2.18. The lowest BCUT2D eigenvalue weighted by molar-refractivity contribution is -0.130. The zero-order valence-electron chi connectivity index (χ0n) is 12.2. The third-order valence-electron chi connectivity index (χ3n) is 2.76. The fraction of sp³-hybridized carbons (Fsp3) is 0.385. The van der Waals surface area contributed by atoms with Crippen molar-refractivity contribution in [2.45, 2.75) is 24.3 Å². The number of hydrogen-bond donors (Lipinski definition) is 2. The standard InChI is InChI=1S/C13H19N3O3S2/c1-9(13(17)16(2)3)15-21(18,19)11-6-4-10(5-7-11)8-12(14)20/h4-7,9,15H,8H2,1-3H3,(H2,14,20). The molecule has 8 heteroatoms. The van der Waals surface area contributed by atoms with Gasteiger partial charge in [0.15, 0.2) is 0 Å². The van der Waals surface area contributed by atoms with Crippen molar-refractivity contribution in [3.63, 3.8) is 0 Å². The Morgan fingerprint density at radius 1 is 1.33 bits per heavy atom. The van der Waals surface area contributed by atoms with Crippen LogP contribution in [0.3, 0.4) is 0 Å². The van der Waals surface area contributed by atoms with Crippen molar-refractivity contribution in [3.8, 4) is 0 Å². The molecule has 6 nitrogen and oxygen atoms in total. The number of benzene rings is 1. The average Bonchev–Trinajstić information content (AvgIpc) is 2.37. The summed E-state index contributed by atoms with van der Waals surface area (Å²) in [7, 11) is -0.611. The smallest absolute Gasteiger partial charge is 0.241 e. The number of likely N-dealkylation sites (N-methyl/N-ethyl adjacent to an activating group) is 1. The summed E-state index contributed by atoms with van der Waals surface area (Å²) >= 11 is 4.80. The van der Waals surface area contributed by atoms with E-state index in [2.05, 4.69) is 4.72 Å². The number of nitrogens with one attached hydrogen (secondary N) is 1. The van der Waals surface area contributed by atoms with E-state index < -0.39 is 16.1 Å². The molecule has 0 aliphatic rings. The highest BCUT2D eigenvalue weighted by molar-refractivity contribution is 7.89. The quantitative estimate of drug-likeness (QED) is 0.731. The van der Waals surface area contributed by atoms with E-state index in [0.717, 1.165) is 5.56 Å². The number of rotatable bonds is 6. The molecule has 0 spiro atoms. The van der Waals surface area contributed by atoms with Crippen LogP contribution in [0.2, 0.25) is 0 Å². The third-order valence-corrected chi connectivity index (χ3v) is 4.46. The number of thiocarbonyl (C=S) groups is 1. The molecule has 0 bridgehead atoms. The summed E-state index contributed by atoms with van der Waals surface area (Å²) < 4.78 is 26.7. The number of nitrogens with two attached hydrogens (primary N) is 1. The lowest BCUT2D eigenvalue weighted by atomic mass is 10.1. The van der Waals surface area contributed by atoms with Crippen molar-refractivity contribution >= 4 is 33.1 Å². The monoisotopic (exact) mass is 329 g/mol. The number of nitrogens with zero attached hydrogens (tertiary/aromatic N) is 1. The van der Waals surface area contributed by atoms with Gasteiger partial charge in [-0.1, -0.05) is 24.4 Å². The fourth-order valence-corrected chi connectivity index (χ4v) is 3.09. The van der Waals surface area contributed by atoms with Gasteiger partial charge in [0, 0.05) is 20.5 Å². The predicted molar refractivity (Wildman–Crippen MR) is 85.4 cm³/mol. The van der Waals surface area contributed by atoms with Crippen LogP contribution in [-0.2, 0) is 21.2 Å². The summed E-state index contributed by atoms with van der Waals surface area (Å²) in [6.45, 7) is 1.50. The van der Waals surface area contributed by atoms with E-state index >= 15 is 0 Å². The van der Waals surface area contributed by atoms with Crippen LogP contribution in [0, 0.1) is 0 Å². The van der Waals surface area contributed by atoms with Gasteiger partial charge in [0.25, 0.3) is 0 Å². The Kier molecular flexibility index (Phi) is 5.82. The molecule has 1 aromatic carbocycles. The molecule has 0 saturated carbocycles. The summed E-state index contributed by atoms with van der Waals surface area (Å²) in [6.07, 6.45) is 0.415. The molecule has 21 heavy (non-hydrogen) atoms. The Bertz CT molecular complexity index is 625. The lowest BCUT2D eigenvalue weighted by Crippen LogP contribution is -2.44. The molecular weight excluding hydrogens is 310 g/mol. The molecule has 1 unspecified atom stereocenters. The summed E-state index contributed by atoms with van der Waals surface area (Å²) in [5.41, 5.74) is 6.27. The van der Waals surface area contributed by atoms with E-state index in [0.29, 0.717) is 11.4 Å². The van der Waals surface area contributed by atoms with Gasteiger partial charge < -0.3 is 10.6 Å². The van der Waals surface area contributed by atoms with Gasteiger partial charge >= 0.3 is 0 Å². The first kappa shape index (κ1) is 17.5. The van der Waals surface area contributed by atoms with E-state index in [4.69, 9.17) is 18.0 Å². The molecule has 116 valence electrons. The number of carbonyl (C=O) groups is 1. The summed E-state index contributed by atoms with van der Waals surface area (Å²) in [5, 5.41) is 0. The molecule has 1 amide bonds. The van der Waals surface area contributed by atoms with Crippen molar-refractivity contribution in [2.75, 3.05) is 14.1 Å². The maximum absolute atomic E-state index is 12.2. The molecule has 0 aliphatic carbocycles. The highest BCUT2D eigenvalue weighted by atomic mass is 32.2. The van der Waals surface area contributed by atoms with Crippen LogP contribution in [-0.4, -0.2) is 44.4 Å². The van der Waals surface area contributed by atoms with E-state index in [1.807, 2.05) is 0 Å². The Labute approximate surface area is 130 Å². The third kappa shape index (κ3) is 5.07. The van der Waals surface area contributed by atoms with Gasteiger partial charge in [-0.25, -0.2) is 8.42 Å². The van der Waals surface area contributed by atoms with Crippen LogP contribution in [0.4, 0.5) is 0 Å². The second-order valence-electron chi connectivity index (χ2n) is 4.86. The van der Waals surface area contributed by atoms with Gasteiger partial charge in [0.05, 0.1) is 15.9 Å². The number of sulfonamides is 1. The topological polar surface area (TPSA) is 92.5 Å². The molecular formula is C13H19N3O3S2. The van der Waals surface area contributed by atoms with Crippen LogP contribution >= 0.6 is 12.2 Å². The molecule has 0 saturated heterocycles. The first-order valence-corrected chi connectivity index (χ1v) is 8.13. The minimum absolute atomic E-state index is 0.0904. The number of carbonyl (C=O) groups excluding carboxylic acids is 1. The fourth-order valence-electron chi connectivity index (χ4n) is 1.73. The van der Waals surface area contributed by atoms with E-state index in [1.54, 1.807) is 26.2 Å².